The molecule has 23 heavy (non-hydrogen) atoms. The first kappa shape index (κ1) is 15.7. The number of benzene rings is 1. The highest BCUT2D eigenvalue weighted by Crippen LogP contribution is 2.28. The maximum Gasteiger partial charge on any atom is 0.287 e. The van der Waals surface area contributed by atoms with E-state index in [1.165, 1.54) is 5.56 Å². The molecule has 4 heteroatoms. The van der Waals surface area contributed by atoms with Gasteiger partial charge in [-0.05, 0) is 42.5 Å². The molecule has 0 saturated heterocycles. The third-order valence-corrected chi connectivity index (χ3v) is 4.62. The molecule has 0 aliphatic heterocycles. The molecule has 1 aliphatic carbocycles. The Labute approximate surface area is 136 Å². The number of rotatable bonds is 5. The second-order valence-corrected chi connectivity index (χ2v) is 6.72. The molecule has 0 fully saturated rings. The van der Waals surface area contributed by atoms with Crippen molar-refractivity contribution < 1.29 is 13.9 Å². The quantitative estimate of drug-likeness (QED) is 0.919. The highest BCUT2D eigenvalue weighted by atomic mass is 16.5. The molecular formula is C19H23NO3. The Kier molecular flexibility index (Phi) is 4.16. The van der Waals surface area contributed by atoms with Gasteiger partial charge < -0.3 is 14.5 Å². The first-order valence-corrected chi connectivity index (χ1v) is 8.03. The van der Waals surface area contributed by atoms with Crippen LogP contribution >= 0.6 is 0 Å². The number of carbonyl (C=O) groups excluding carboxylic acids is 1. The summed E-state index contributed by atoms with van der Waals surface area (Å²) in [6.45, 7) is 4.77. The van der Waals surface area contributed by atoms with Gasteiger partial charge in [0.1, 0.15) is 5.75 Å². The highest BCUT2D eigenvalue weighted by Gasteiger charge is 2.26. The number of aryl methyl sites for hydroxylation is 1. The second-order valence-electron chi connectivity index (χ2n) is 6.72. The fraction of sp³-hybridized carbons (Fsp3) is 0.421. The van der Waals surface area contributed by atoms with Crippen molar-refractivity contribution in [2.75, 3.05) is 13.7 Å². The van der Waals surface area contributed by atoms with E-state index >= 15 is 0 Å². The van der Waals surface area contributed by atoms with Crippen LogP contribution in [0.3, 0.4) is 0 Å². The zero-order valence-electron chi connectivity index (χ0n) is 13.9. The van der Waals surface area contributed by atoms with Crippen LogP contribution in [0.2, 0.25) is 0 Å². The van der Waals surface area contributed by atoms with E-state index in [-0.39, 0.29) is 11.3 Å². The highest BCUT2D eigenvalue weighted by molar-refractivity contribution is 5.93. The van der Waals surface area contributed by atoms with Crippen LogP contribution in [-0.4, -0.2) is 19.6 Å². The average Bonchev–Trinajstić information content (AvgIpc) is 3.16. The average molecular weight is 313 g/mol. The van der Waals surface area contributed by atoms with Crippen molar-refractivity contribution in [1.82, 2.24) is 5.32 Å². The van der Waals surface area contributed by atoms with Crippen LogP contribution in [0.25, 0.3) is 0 Å². The fourth-order valence-corrected chi connectivity index (χ4v) is 3.07. The maximum atomic E-state index is 12.4. The Morgan fingerprint density at radius 3 is 2.70 bits per heavy atom. The lowest BCUT2D eigenvalue weighted by atomic mass is 9.84. The van der Waals surface area contributed by atoms with E-state index in [4.69, 9.17) is 9.15 Å². The molecule has 0 atom stereocenters. The molecule has 1 heterocycles. The fourth-order valence-electron chi connectivity index (χ4n) is 3.07. The molecule has 0 unspecified atom stereocenters. The Bertz CT molecular complexity index is 698. The minimum Gasteiger partial charge on any atom is -0.497 e. The maximum absolute atomic E-state index is 12.4. The van der Waals surface area contributed by atoms with E-state index in [1.54, 1.807) is 13.4 Å². The van der Waals surface area contributed by atoms with E-state index in [0.29, 0.717) is 12.3 Å². The Balaban J connectivity index is 1.67. The molecular weight excluding hydrogens is 290 g/mol. The summed E-state index contributed by atoms with van der Waals surface area (Å²) in [5.41, 5.74) is 3.26. The van der Waals surface area contributed by atoms with Crippen LogP contribution in [0.4, 0.5) is 0 Å². The van der Waals surface area contributed by atoms with Crippen LogP contribution in [0, 0.1) is 0 Å². The lowest BCUT2D eigenvalue weighted by molar-refractivity contribution is 0.0916. The monoisotopic (exact) mass is 313 g/mol. The summed E-state index contributed by atoms with van der Waals surface area (Å²) in [5, 5.41) is 3.02. The van der Waals surface area contributed by atoms with Gasteiger partial charge in [0.15, 0.2) is 5.76 Å². The molecule has 1 aromatic heterocycles. The SMILES string of the molecule is COc1ccc(C(C)(C)CNC(=O)c2occ3c2CCC3)cc1. The van der Waals surface area contributed by atoms with Crippen molar-refractivity contribution >= 4 is 5.91 Å². The van der Waals surface area contributed by atoms with Gasteiger partial charge >= 0.3 is 0 Å². The number of hydrogen-bond donors (Lipinski definition) is 1. The summed E-state index contributed by atoms with van der Waals surface area (Å²) < 4.78 is 10.7. The lowest BCUT2D eigenvalue weighted by Crippen LogP contribution is -2.36. The van der Waals surface area contributed by atoms with Crippen LogP contribution < -0.4 is 10.1 Å². The van der Waals surface area contributed by atoms with Crippen molar-refractivity contribution in [2.24, 2.45) is 0 Å². The first-order valence-electron chi connectivity index (χ1n) is 8.03. The smallest absolute Gasteiger partial charge is 0.287 e. The number of amides is 1. The second kappa shape index (κ2) is 6.11. The van der Waals surface area contributed by atoms with Crippen LogP contribution in [0.15, 0.2) is 34.9 Å². The normalized spacial score (nSPS) is 13.7. The molecule has 122 valence electrons. The number of methoxy groups -OCH3 is 1. The molecule has 1 aliphatic rings. The van der Waals surface area contributed by atoms with Crippen LogP contribution in [-0.2, 0) is 18.3 Å². The number of hydrogen-bond acceptors (Lipinski definition) is 3. The third kappa shape index (κ3) is 3.11. The molecule has 0 radical (unpaired) electrons. The van der Waals surface area contributed by atoms with Gasteiger partial charge in [-0.2, -0.15) is 0 Å². The van der Waals surface area contributed by atoms with E-state index in [9.17, 15) is 4.79 Å². The van der Waals surface area contributed by atoms with Gasteiger partial charge in [0.25, 0.3) is 5.91 Å². The van der Waals surface area contributed by atoms with E-state index in [2.05, 4.69) is 19.2 Å². The number of fused-ring (bicyclic) bond motifs is 1. The predicted molar refractivity (Wildman–Crippen MR) is 89.1 cm³/mol. The van der Waals surface area contributed by atoms with Crippen molar-refractivity contribution in [3.8, 4) is 5.75 Å². The van der Waals surface area contributed by atoms with Gasteiger partial charge in [-0.3, -0.25) is 4.79 Å². The standard InChI is InChI=1S/C19H23NO3/c1-19(2,14-7-9-15(22-3)10-8-14)12-20-18(21)17-16-6-4-5-13(16)11-23-17/h7-11H,4-6,12H2,1-3H3,(H,20,21). The topological polar surface area (TPSA) is 51.5 Å². The summed E-state index contributed by atoms with van der Waals surface area (Å²) in [5.74, 6) is 1.21. The number of furan rings is 1. The lowest BCUT2D eigenvalue weighted by Gasteiger charge is -2.25. The predicted octanol–water partition coefficient (Wildman–Crippen LogP) is 3.48. The molecule has 0 bridgehead atoms. The van der Waals surface area contributed by atoms with E-state index < -0.39 is 0 Å². The molecule has 4 nitrogen and oxygen atoms in total. The van der Waals surface area contributed by atoms with Gasteiger partial charge in [-0.15, -0.1) is 0 Å². The van der Waals surface area contributed by atoms with Gasteiger partial charge in [0, 0.05) is 17.5 Å². The zero-order chi connectivity index (χ0) is 16.4. The van der Waals surface area contributed by atoms with Gasteiger partial charge in [0.2, 0.25) is 0 Å². The van der Waals surface area contributed by atoms with Gasteiger partial charge in [0.05, 0.1) is 13.4 Å². The van der Waals surface area contributed by atoms with E-state index in [0.717, 1.165) is 36.1 Å². The van der Waals surface area contributed by atoms with Crippen molar-refractivity contribution in [3.63, 3.8) is 0 Å². The summed E-state index contributed by atoms with van der Waals surface area (Å²) in [4.78, 5) is 12.4. The Morgan fingerprint density at radius 2 is 2.00 bits per heavy atom. The van der Waals surface area contributed by atoms with Crippen molar-refractivity contribution in [3.05, 3.63) is 53.0 Å². The van der Waals surface area contributed by atoms with Crippen molar-refractivity contribution in [1.29, 1.82) is 0 Å². The number of ether oxygens (including phenoxy) is 1. The molecule has 1 aromatic carbocycles. The Hall–Kier alpha value is -2.23. The minimum atomic E-state index is -0.169. The van der Waals surface area contributed by atoms with Crippen molar-refractivity contribution in [2.45, 2.75) is 38.5 Å². The Morgan fingerprint density at radius 1 is 1.26 bits per heavy atom. The number of carbonyl (C=O) groups is 1. The third-order valence-electron chi connectivity index (χ3n) is 4.62. The minimum absolute atomic E-state index is 0.116. The van der Waals surface area contributed by atoms with E-state index in [1.807, 2.05) is 24.3 Å². The summed E-state index contributed by atoms with van der Waals surface area (Å²) in [6, 6.07) is 7.96. The van der Waals surface area contributed by atoms with Crippen LogP contribution in [0.5, 0.6) is 5.75 Å². The molecule has 1 amide bonds. The molecule has 3 rings (SSSR count). The molecule has 0 spiro atoms. The summed E-state index contributed by atoms with van der Waals surface area (Å²) in [6.07, 6.45) is 4.80. The van der Waals surface area contributed by atoms with Gasteiger partial charge in [-0.25, -0.2) is 0 Å². The zero-order valence-corrected chi connectivity index (χ0v) is 13.9. The first-order chi connectivity index (χ1) is 11.0. The number of nitrogens with one attached hydrogen (secondary N) is 1. The largest absolute Gasteiger partial charge is 0.497 e. The summed E-state index contributed by atoms with van der Waals surface area (Å²) in [7, 11) is 1.65. The summed E-state index contributed by atoms with van der Waals surface area (Å²) >= 11 is 0. The molecule has 0 saturated carbocycles. The van der Waals surface area contributed by atoms with Crippen LogP contribution in [0.1, 0.15) is 47.5 Å². The molecule has 1 N–H and O–H groups in total. The van der Waals surface area contributed by atoms with Gasteiger partial charge in [-0.1, -0.05) is 26.0 Å². The molecule has 2 aromatic rings.